The highest BCUT2D eigenvalue weighted by Crippen LogP contribution is 2.23. The first-order valence-corrected chi connectivity index (χ1v) is 8.47. The third-order valence-corrected chi connectivity index (χ3v) is 4.27. The number of halogens is 2. The fourth-order valence-corrected chi connectivity index (χ4v) is 2.61. The van der Waals surface area contributed by atoms with Gasteiger partial charge in [0.15, 0.2) is 0 Å². The van der Waals surface area contributed by atoms with E-state index in [0.717, 1.165) is 11.3 Å². The second kappa shape index (κ2) is 8.47. The van der Waals surface area contributed by atoms with E-state index in [0.29, 0.717) is 5.69 Å². The van der Waals surface area contributed by atoms with E-state index in [1.807, 2.05) is 31.2 Å². The lowest BCUT2D eigenvalue weighted by Gasteiger charge is -2.26. The molecule has 0 aliphatic carbocycles. The number of aromatic nitrogens is 3. The summed E-state index contributed by atoms with van der Waals surface area (Å²) < 4.78 is 30.6. The fourth-order valence-electron chi connectivity index (χ4n) is 2.61. The summed E-state index contributed by atoms with van der Waals surface area (Å²) in [5, 5.41) is 6.75. The summed E-state index contributed by atoms with van der Waals surface area (Å²) in [6.07, 6.45) is 3.06. The van der Waals surface area contributed by atoms with Crippen LogP contribution < -0.4 is 10.1 Å². The standard InChI is InChI=1S/C19H19F2N5O2/c1-13(14-6-8-16(9-7-14)26-12-22-11-23-26)25(2)19(27)24-15-4-3-5-17(10-15)28-18(20)21/h3-13,18H,1-2H3,(H,24,27)/t13-/m1/s1. The average Bonchev–Trinajstić information content (AvgIpc) is 3.21. The van der Waals surface area contributed by atoms with Crippen LogP contribution in [0.25, 0.3) is 5.69 Å². The molecule has 3 aromatic rings. The first kappa shape index (κ1) is 19.3. The van der Waals surface area contributed by atoms with Gasteiger partial charge in [0, 0.05) is 18.8 Å². The van der Waals surface area contributed by atoms with Gasteiger partial charge in [0.25, 0.3) is 0 Å². The van der Waals surface area contributed by atoms with E-state index in [2.05, 4.69) is 20.1 Å². The van der Waals surface area contributed by atoms with Crippen LogP contribution in [-0.4, -0.2) is 39.4 Å². The van der Waals surface area contributed by atoms with Gasteiger partial charge in [0.1, 0.15) is 18.4 Å². The molecule has 0 spiro atoms. The molecule has 3 rings (SSSR count). The molecule has 146 valence electrons. The maximum Gasteiger partial charge on any atom is 0.387 e. The van der Waals surface area contributed by atoms with Crippen molar-refractivity contribution in [3.63, 3.8) is 0 Å². The Morgan fingerprint density at radius 1 is 1.21 bits per heavy atom. The number of amides is 2. The summed E-state index contributed by atoms with van der Waals surface area (Å²) in [5.41, 5.74) is 2.15. The zero-order valence-electron chi connectivity index (χ0n) is 15.3. The van der Waals surface area contributed by atoms with Crippen LogP contribution >= 0.6 is 0 Å². The first-order valence-electron chi connectivity index (χ1n) is 8.47. The molecular weight excluding hydrogens is 368 g/mol. The molecule has 7 nitrogen and oxygen atoms in total. The summed E-state index contributed by atoms with van der Waals surface area (Å²) >= 11 is 0. The summed E-state index contributed by atoms with van der Waals surface area (Å²) in [6.45, 7) is -1.03. The lowest BCUT2D eigenvalue weighted by molar-refractivity contribution is -0.0497. The molecule has 2 amide bonds. The van der Waals surface area contributed by atoms with Crippen LogP contribution in [0.1, 0.15) is 18.5 Å². The van der Waals surface area contributed by atoms with Gasteiger partial charge in [0.2, 0.25) is 0 Å². The van der Waals surface area contributed by atoms with Gasteiger partial charge >= 0.3 is 12.6 Å². The van der Waals surface area contributed by atoms with Gasteiger partial charge in [-0.15, -0.1) is 0 Å². The van der Waals surface area contributed by atoms with Crippen molar-refractivity contribution in [2.75, 3.05) is 12.4 Å². The Morgan fingerprint density at radius 3 is 2.61 bits per heavy atom. The van der Waals surface area contributed by atoms with Crippen molar-refractivity contribution < 1.29 is 18.3 Å². The number of nitrogens with one attached hydrogen (secondary N) is 1. The molecule has 0 aliphatic heterocycles. The van der Waals surface area contributed by atoms with E-state index in [1.54, 1.807) is 24.1 Å². The van der Waals surface area contributed by atoms with Crippen LogP contribution in [0.15, 0.2) is 61.2 Å². The molecule has 0 radical (unpaired) electrons. The fraction of sp³-hybridized carbons (Fsp3) is 0.211. The minimum absolute atomic E-state index is 0.0211. The van der Waals surface area contributed by atoms with Gasteiger partial charge in [-0.2, -0.15) is 13.9 Å². The molecule has 1 N–H and O–H groups in total. The Bertz CT molecular complexity index is 916. The third kappa shape index (κ3) is 4.61. The van der Waals surface area contributed by atoms with Gasteiger partial charge < -0.3 is 15.0 Å². The Morgan fingerprint density at radius 2 is 1.96 bits per heavy atom. The molecule has 1 heterocycles. The van der Waals surface area contributed by atoms with Crippen molar-refractivity contribution in [1.82, 2.24) is 19.7 Å². The lowest BCUT2D eigenvalue weighted by atomic mass is 10.1. The van der Waals surface area contributed by atoms with Crippen molar-refractivity contribution in [3.8, 4) is 11.4 Å². The SMILES string of the molecule is C[C@H](c1ccc(-n2cncn2)cc1)N(C)C(=O)Nc1cccc(OC(F)F)c1. The van der Waals surface area contributed by atoms with Crippen molar-refractivity contribution in [2.45, 2.75) is 19.6 Å². The molecule has 0 bridgehead atoms. The highest BCUT2D eigenvalue weighted by Gasteiger charge is 2.18. The second-order valence-electron chi connectivity index (χ2n) is 6.05. The minimum atomic E-state index is -2.92. The Kier molecular flexibility index (Phi) is 5.83. The van der Waals surface area contributed by atoms with Crippen molar-refractivity contribution in [2.24, 2.45) is 0 Å². The van der Waals surface area contributed by atoms with E-state index in [1.165, 1.54) is 29.4 Å². The first-order chi connectivity index (χ1) is 13.4. The van der Waals surface area contributed by atoms with Crippen LogP contribution in [0.3, 0.4) is 0 Å². The predicted octanol–water partition coefficient (Wildman–Crippen LogP) is 4.09. The van der Waals surface area contributed by atoms with Crippen molar-refractivity contribution in [1.29, 1.82) is 0 Å². The average molecular weight is 387 g/mol. The normalized spacial score (nSPS) is 11.9. The zero-order chi connectivity index (χ0) is 20.1. The Labute approximate surface area is 160 Å². The molecule has 0 saturated heterocycles. The number of nitrogens with zero attached hydrogens (tertiary/aromatic N) is 4. The zero-order valence-corrected chi connectivity index (χ0v) is 15.3. The number of carbonyl (C=O) groups is 1. The molecule has 9 heteroatoms. The quantitative estimate of drug-likeness (QED) is 0.691. The molecule has 1 aromatic heterocycles. The van der Waals surface area contributed by atoms with Gasteiger partial charge in [-0.3, -0.25) is 0 Å². The van der Waals surface area contributed by atoms with Crippen LogP contribution in [0.2, 0.25) is 0 Å². The smallest absolute Gasteiger partial charge is 0.387 e. The van der Waals surface area contributed by atoms with E-state index < -0.39 is 6.61 Å². The number of ether oxygens (including phenoxy) is 1. The topological polar surface area (TPSA) is 72.3 Å². The molecule has 0 saturated carbocycles. The number of hydrogen-bond donors (Lipinski definition) is 1. The Balaban J connectivity index is 1.65. The van der Waals surface area contributed by atoms with E-state index >= 15 is 0 Å². The second-order valence-corrected chi connectivity index (χ2v) is 6.05. The maximum absolute atomic E-state index is 12.5. The Hall–Kier alpha value is -3.49. The maximum atomic E-state index is 12.5. The van der Waals surface area contributed by atoms with Crippen LogP contribution in [0.5, 0.6) is 5.75 Å². The van der Waals surface area contributed by atoms with Crippen LogP contribution in [0, 0.1) is 0 Å². The summed E-state index contributed by atoms with van der Waals surface area (Å²) in [6, 6.07) is 12.9. The van der Waals surface area contributed by atoms with Crippen molar-refractivity contribution in [3.05, 3.63) is 66.7 Å². The van der Waals surface area contributed by atoms with Gasteiger partial charge in [-0.05, 0) is 36.8 Å². The van der Waals surface area contributed by atoms with E-state index in [-0.39, 0.29) is 17.8 Å². The van der Waals surface area contributed by atoms with E-state index in [4.69, 9.17) is 0 Å². The molecule has 1 atom stereocenters. The largest absolute Gasteiger partial charge is 0.435 e. The van der Waals surface area contributed by atoms with Gasteiger partial charge in [-0.25, -0.2) is 14.5 Å². The molecule has 0 unspecified atom stereocenters. The summed E-state index contributed by atoms with van der Waals surface area (Å²) in [4.78, 5) is 17.9. The highest BCUT2D eigenvalue weighted by atomic mass is 19.3. The van der Waals surface area contributed by atoms with Gasteiger partial charge in [0.05, 0.1) is 11.7 Å². The summed E-state index contributed by atoms with van der Waals surface area (Å²) in [7, 11) is 1.66. The molecular formula is C19H19F2N5O2. The third-order valence-electron chi connectivity index (χ3n) is 4.27. The number of urea groups is 1. The number of alkyl halides is 2. The molecule has 0 fully saturated rings. The predicted molar refractivity (Wildman–Crippen MR) is 99.6 cm³/mol. The van der Waals surface area contributed by atoms with Crippen molar-refractivity contribution >= 4 is 11.7 Å². The van der Waals surface area contributed by atoms with Gasteiger partial charge in [-0.1, -0.05) is 18.2 Å². The highest BCUT2D eigenvalue weighted by molar-refractivity contribution is 5.89. The summed E-state index contributed by atoms with van der Waals surface area (Å²) in [5.74, 6) is -0.0211. The molecule has 2 aromatic carbocycles. The monoisotopic (exact) mass is 387 g/mol. The number of hydrogen-bond acceptors (Lipinski definition) is 4. The van der Waals surface area contributed by atoms with Crippen LogP contribution in [-0.2, 0) is 0 Å². The number of anilines is 1. The molecule has 0 aliphatic rings. The van der Waals surface area contributed by atoms with Crippen LogP contribution in [0.4, 0.5) is 19.3 Å². The lowest BCUT2D eigenvalue weighted by Crippen LogP contribution is -2.33. The van der Waals surface area contributed by atoms with E-state index in [9.17, 15) is 13.6 Å². The number of rotatable bonds is 6. The molecule has 28 heavy (non-hydrogen) atoms. The number of carbonyl (C=O) groups excluding carboxylic acids is 1. The minimum Gasteiger partial charge on any atom is -0.435 e. The number of benzene rings is 2.